The molecular formula is C23H35ClN2O3. The summed E-state index contributed by atoms with van der Waals surface area (Å²) < 4.78 is 11.7. The molecular weight excluding hydrogens is 388 g/mol. The van der Waals surface area contributed by atoms with Crippen molar-refractivity contribution in [1.29, 1.82) is 0 Å². The molecule has 1 aromatic rings. The summed E-state index contributed by atoms with van der Waals surface area (Å²) in [7, 11) is 0. The van der Waals surface area contributed by atoms with E-state index in [1.165, 1.54) is 24.0 Å². The fraction of sp³-hybridized carbons (Fsp3) is 0.696. The van der Waals surface area contributed by atoms with Crippen LogP contribution in [-0.2, 0) is 10.2 Å². The lowest BCUT2D eigenvalue weighted by atomic mass is 9.71. The lowest BCUT2D eigenvalue weighted by Crippen LogP contribution is -2.48. The molecule has 1 amide bonds. The Morgan fingerprint density at radius 2 is 1.76 bits per heavy atom. The van der Waals surface area contributed by atoms with Crippen molar-refractivity contribution in [2.75, 3.05) is 26.3 Å². The number of rotatable bonds is 6. The highest BCUT2D eigenvalue weighted by Gasteiger charge is 2.46. The molecule has 1 spiro atoms. The molecule has 3 aliphatic rings. The Kier molecular flexibility index (Phi) is 7.33. The third kappa shape index (κ3) is 4.36. The van der Waals surface area contributed by atoms with Gasteiger partial charge in [-0.25, -0.2) is 0 Å². The van der Waals surface area contributed by atoms with E-state index < -0.39 is 0 Å². The summed E-state index contributed by atoms with van der Waals surface area (Å²) >= 11 is 0. The van der Waals surface area contributed by atoms with E-state index in [4.69, 9.17) is 15.2 Å². The van der Waals surface area contributed by atoms with E-state index in [0.717, 1.165) is 63.1 Å². The van der Waals surface area contributed by atoms with Crippen molar-refractivity contribution in [2.45, 2.75) is 76.2 Å². The molecule has 5 nitrogen and oxygen atoms in total. The van der Waals surface area contributed by atoms with Gasteiger partial charge in [-0.15, -0.1) is 12.4 Å². The van der Waals surface area contributed by atoms with Gasteiger partial charge >= 0.3 is 0 Å². The first-order chi connectivity index (χ1) is 13.6. The highest BCUT2D eigenvalue weighted by Crippen LogP contribution is 2.52. The topological polar surface area (TPSA) is 64.8 Å². The molecule has 29 heavy (non-hydrogen) atoms. The second-order valence-corrected chi connectivity index (χ2v) is 8.72. The van der Waals surface area contributed by atoms with Gasteiger partial charge in [-0.05, 0) is 62.4 Å². The number of fused-ring (bicyclic) bond motifs is 3. The molecule has 1 saturated carbocycles. The van der Waals surface area contributed by atoms with Crippen LogP contribution < -0.4 is 15.2 Å². The zero-order chi connectivity index (χ0) is 19.6. The first-order valence-electron chi connectivity index (χ1n) is 11.1. The van der Waals surface area contributed by atoms with E-state index in [1.807, 2.05) is 0 Å². The number of carbonyl (C=O) groups excluding carboxylic acids is 1. The predicted octanol–water partition coefficient (Wildman–Crippen LogP) is 4.50. The first-order valence-corrected chi connectivity index (χ1v) is 11.1. The van der Waals surface area contributed by atoms with Gasteiger partial charge in [-0.3, -0.25) is 4.79 Å². The van der Waals surface area contributed by atoms with Gasteiger partial charge in [-0.2, -0.15) is 0 Å². The van der Waals surface area contributed by atoms with E-state index in [9.17, 15) is 4.79 Å². The van der Waals surface area contributed by atoms with Crippen molar-refractivity contribution >= 4 is 18.3 Å². The Labute approximate surface area is 180 Å². The highest BCUT2D eigenvalue weighted by molar-refractivity contribution is 5.85. The van der Waals surface area contributed by atoms with Crippen LogP contribution in [0.1, 0.15) is 81.9 Å². The van der Waals surface area contributed by atoms with E-state index in [1.54, 1.807) is 0 Å². The maximum absolute atomic E-state index is 13.1. The summed E-state index contributed by atoms with van der Waals surface area (Å²) in [6.45, 7) is 4.97. The zero-order valence-electron chi connectivity index (χ0n) is 17.6. The molecule has 0 saturated heterocycles. The van der Waals surface area contributed by atoms with Gasteiger partial charge in [0.1, 0.15) is 13.2 Å². The van der Waals surface area contributed by atoms with Crippen LogP contribution in [0.5, 0.6) is 11.5 Å². The molecule has 6 heteroatoms. The number of benzene rings is 1. The molecule has 2 aliphatic heterocycles. The average molecular weight is 423 g/mol. The molecule has 1 atom stereocenters. The smallest absolute Gasteiger partial charge is 0.223 e. The van der Waals surface area contributed by atoms with Crippen LogP contribution in [0, 0.1) is 0 Å². The number of carbonyl (C=O) groups is 1. The normalized spacial score (nSPS) is 21.6. The maximum Gasteiger partial charge on any atom is 0.223 e. The predicted molar refractivity (Wildman–Crippen MR) is 117 cm³/mol. The van der Waals surface area contributed by atoms with E-state index in [-0.39, 0.29) is 23.9 Å². The number of ether oxygens (including phenoxy) is 2. The largest absolute Gasteiger partial charge is 0.486 e. The lowest BCUT2D eigenvalue weighted by Gasteiger charge is -2.46. The molecule has 4 rings (SSSR count). The molecule has 1 aliphatic carbocycles. The number of halogens is 1. The summed E-state index contributed by atoms with van der Waals surface area (Å²) in [6.07, 6.45) is 9.67. The van der Waals surface area contributed by atoms with Gasteiger partial charge in [0, 0.05) is 18.4 Å². The van der Waals surface area contributed by atoms with E-state index in [0.29, 0.717) is 25.5 Å². The minimum atomic E-state index is 0. The molecule has 2 N–H and O–H groups in total. The number of hydrogen-bond donors (Lipinski definition) is 1. The van der Waals surface area contributed by atoms with Gasteiger partial charge in [0.2, 0.25) is 5.91 Å². The van der Waals surface area contributed by atoms with E-state index >= 15 is 0 Å². The van der Waals surface area contributed by atoms with Crippen LogP contribution in [-0.4, -0.2) is 37.1 Å². The minimum Gasteiger partial charge on any atom is -0.486 e. The summed E-state index contributed by atoms with van der Waals surface area (Å²) in [6, 6.07) is 4.46. The van der Waals surface area contributed by atoms with Crippen LogP contribution in [0.2, 0.25) is 0 Å². The van der Waals surface area contributed by atoms with Gasteiger partial charge in [0.15, 0.2) is 11.5 Å². The summed E-state index contributed by atoms with van der Waals surface area (Å²) in [4.78, 5) is 15.3. The number of nitrogens with two attached hydrogens (primary N) is 1. The fourth-order valence-corrected chi connectivity index (χ4v) is 5.33. The molecule has 2 heterocycles. The number of amides is 1. The summed E-state index contributed by atoms with van der Waals surface area (Å²) in [5.41, 5.74) is 8.32. The van der Waals surface area contributed by atoms with Crippen LogP contribution in [0.25, 0.3) is 0 Å². The standard InChI is InChI=1S/C23H34N2O3.ClH/c1-17-18-14-20-21(28-13-12-27-20)15-19(18)23(9-5-6-10-23)16-25(17)22(26)8-4-2-3-7-11-24;/h14-15,17H,2-13,16,24H2,1H3;1H. The average Bonchev–Trinajstić information content (AvgIpc) is 3.19. The Bertz CT molecular complexity index is 718. The molecule has 1 unspecified atom stereocenters. The second kappa shape index (κ2) is 9.57. The van der Waals surface area contributed by atoms with Crippen molar-refractivity contribution in [1.82, 2.24) is 4.90 Å². The Hall–Kier alpha value is -1.46. The quantitative estimate of drug-likeness (QED) is 0.685. The SMILES string of the molecule is CC1c2cc3c(cc2C2(CCCC2)CN1C(=O)CCCCCCN)OCCO3.Cl. The summed E-state index contributed by atoms with van der Waals surface area (Å²) in [5, 5.41) is 0. The molecule has 0 bridgehead atoms. The minimum absolute atomic E-state index is 0. The lowest BCUT2D eigenvalue weighted by molar-refractivity contribution is -0.135. The monoisotopic (exact) mass is 422 g/mol. The fourth-order valence-electron chi connectivity index (χ4n) is 5.33. The van der Waals surface area contributed by atoms with Crippen LogP contribution in [0.3, 0.4) is 0 Å². The Balaban J connectivity index is 0.00000240. The molecule has 162 valence electrons. The maximum atomic E-state index is 13.1. The molecule has 1 fully saturated rings. The molecule has 0 aromatic heterocycles. The van der Waals surface area contributed by atoms with Crippen molar-refractivity contribution in [3.8, 4) is 11.5 Å². The van der Waals surface area contributed by atoms with Crippen molar-refractivity contribution in [2.24, 2.45) is 5.73 Å². The zero-order valence-corrected chi connectivity index (χ0v) is 18.4. The van der Waals surface area contributed by atoms with Gasteiger partial charge < -0.3 is 20.1 Å². The number of nitrogens with zero attached hydrogens (tertiary/aromatic N) is 1. The van der Waals surface area contributed by atoms with Gasteiger partial charge in [0.25, 0.3) is 0 Å². The van der Waals surface area contributed by atoms with Crippen LogP contribution in [0.15, 0.2) is 12.1 Å². The van der Waals surface area contributed by atoms with Crippen LogP contribution >= 0.6 is 12.4 Å². The number of hydrogen-bond acceptors (Lipinski definition) is 4. The van der Waals surface area contributed by atoms with Gasteiger partial charge in [0.05, 0.1) is 6.04 Å². The molecule has 1 aromatic carbocycles. The first kappa shape index (κ1) is 22.2. The van der Waals surface area contributed by atoms with E-state index in [2.05, 4.69) is 24.0 Å². The van der Waals surface area contributed by atoms with Crippen molar-refractivity contribution in [3.05, 3.63) is 23.3 Å². The molecule has 0 radical (unpaired) electrons. The Morgan fingerprint density at radius 1 is 1.10 bits per heavy atom. The Morgan fingerprint density at radius 3 is 2.45 bits per heavy atom. The second-order valence-electron chi connectivity index (χ2n) is 8.72. The van der Waals surface area contributed by atoms with Gasteiger partial charge in [-0.1, -0.05) is 25.7 Å². The third-order valence-electron chi connectivity index (χ3n) is 6.90. The van der Waals surface area contributed by atoms with Crippen molar-refractivity contribution < 1.29 is 14.3 Å². The highest BCUT2D eigenvalue weighted by atomic mass is 35.5. The third-order valence-corrected chi connectivity index (χ3v) is 6.90. The van der Waals surface area contributed by atoms with Crippen molar-refractivity contribution in [3.63, 3.8) is 0 Å². The van der Waals surface area contributed by atoms with Crippen LogP contribution in [0.4, 0.5) is 0 Å². The summed E-state index contributed by atoms with van der Waals surface area (Å²) in [5.74, 6) is 2.01. The number of unbranched alkanes of at least 4 members (excludes halogenated alkanes) is 3.